The Balaban J connectivity index is 1.84. The van der Waals surface area contributed by atoms with Gasteiger partial charge in [0.25, 0.3) is 0 Å². The molecule has 1 heterocycles. The predicted molar refractivity (Wildman–Crippen MR) is 60.9 cm³/mol. The topological polar surface area (TPSA) is 24.4 Å². The third kappa shape index (κ3) is 2.00. The number of nitrogens with zero attached hydrogens (tertiary/aromatic N) is 1. The molecule has 14 heavy (non-hydrogen) atoms. The van der Waals surface area contributed by atoms with Crippen molar-refractivity contribution in [3.63, 3.8) is 0 Å². The summed E-state index contributed by atoms with van der Waals surface area (Å²) in [5.41, 5.74) is 2.15. The molecule has 0 bridgehead atoms. The second-order valence-corrected chi connectivity index (χ2v) is 4.97. The molecular formula is C12H22N2. The van der Waals surface area contributed by atoms with Crippen LogP contribution in [0.5, 0.6) is 0 Å². The van der Waals surface area contributed by atoms with Crippen molar-refractivity contribution < 1.29 is 0 Å². The van der Waals surface area contributed by atoms with Gasteiger partial charge in [-0.15, -0.1) is 0 Å². The summed E-state index contributed by atoms with van der Waals surface area (Å²) in [5, 5.41) is 3.39. The molecule has 0 aromatic rings. The largest absolute Gasteiger partial charge is 0.317 e. The summed E-state index contributed by atoms with van der Waals surface area (Å²) in [6, 6.07) is 0. The van der Waals surface area contributed by atoms with Gasteiger partial charge in [-0.3, -0.25) is 4.99 Å². The maximum absolute atomic E-state index is 4.67. The van der Waals surface area contributed by atoms with E-state index in [1.54, 1.807) is 0 Å². The van der Waals surface area contributed by atoms with E-state index in [9.17, 15) is 0 Å². The second kappa shape index (κ2) is 4.01. The van der Waals surface area contributed by atoms with E-state index in [-0.39, 0.29) is 0 Å². The van der Waals surface area contributed by atoms with Gasteiger partial charge < -0.3 is 5.32 Å². The van der Waals surface area contributed by atoms with Gasteiger partial charge >= 0.3 is 0 Å². The highest BCUT2D eigenvalue weighted by molar-refractivity contribution is 5.89. The van der Waals surface area contributed by atoms with Crippen molar-refractivity contribution in [2.75, 3.05) is 19.6 Å². The van der Waals surface area contributed by atoms with Crippen LogP contribution in [-0.4, -0.2) is 25.3 Å². The molecule has 1 unspecified atom stereocenters. The Kier molecular flexibility index (Phi) is 2.91. The zero-order valence-electron chi connectivity index (χ0n) is 9.47. The summed E-state index contributed by atoms with van der Waals surface area (Å²) >= 11 is 0. The number of aliphatic imine (C=N–C) groups is 1. The van der Waals surface area contributed by atoms with Crippen LogP contribution in [0.3, 0.4) is 0 Å². The van der Waals surface area contributed by atoms with E-state index in [1.807, 2.05) is 0 Å². The SMILES string of the molecule is CCNCCC1=NCCC1C1(C)CC1. The standard InChI is InChI=1S/C12H22N2/c1-3-13-8-5-11-10(4-9-14-11)12(2)6-7-12/h10,13H,3-9H2,1-2H3. The highest BCUT2D eigenvalue weighted by Crippen LogP contribution is 2.54. The van der Waals surface area contributed by atoms with Crippen molar-refractivity contribution in [3.05, 3.63) is 0 Å². The van der Waals surface area contributed by atoms with E-state index in [0.29, 0.717) is 5.41 Å². The number of hydrogen-bond donors (Lipinski definition) is 1. The Hall–Kier alpha value is -0.370. The van der Waals surface area contributed by atoms with Gasteiger partial charge in [-0.2, -0.15) is 0 Å². The fraction of sp³-hybridized carbons (Fsp3) is 0.917. The van der Waals surface area contributed by atoms with Crippen LogP contribution >= 0.6 is 0 Å². The molecule has 0 amide bonds. The smallest absolute Gasteiger partial charge is 0.0395 e. The highest BCUT2D eigenvalue weighted by atomic mass is 14.9. The van der Waals surface area contributed by atoms with Gasteiger partial charge in [-0.1, -0.05) is 13.8 Å². The minimum absolute atomic E-state index is 0.640. The lowest BCUT2D eigenvalue weighted by atomic mass is 9.84. The first kappa shape index (κ1) is 10.2. The number of nitrogens with one attached hydrogen (secondary N) is 1. The van der Waals surface area contributed by atoms with Crippen molar-refractivity contribution in [2.45, 2.75) is 39.5 Å². The van der Waals surface area contributed by atoms with Crippen molar-refractivity contribution in [2.24, 2.45) is 16.3 Å². The molecule has 80 valence electrons. The Morgan fingerprint density at radius 2 is 2.29 bits per heavy atom. The Bertz CT molecular complexity index is 228. The van der Waals surface area contributed by atoms with Crippen LogP contribution < -0.4 is 5.32 Å². The Morgan fingerprint density at radius 1 is 1.50 bits per heavy atom. The molecule has 2 rings (SSSR count). The minimum atomic E-state index is 0.640. The molecule has 0 radical (unpaired) electrons. The molecule has 1 atom stereocenters. The Morgan fingerprint density at radius 3 is 2.93 bits per heavy atom. The summed E-state index contributed by atoms with van der Waals surface area (Å²) in [6.45, 7) is 7.88. The molecule has 1 saturated carbocycles. The lowest BCUT2D eigenvalue weighted by molar-refractivity contribution is 0.426. The molecule has 0 spiro atoms. The normalized spacial score (nSPS) is 29.0. The molecule has 1 N–H and O–H groups in total. The first-order valence-corrected chi connectivity index (χ1v) is 6.00. The van der Waals surface area contributed by atoms with Gasteiger partial charge in [-0.25, -0.2) is 0 Å². The molecule has 1 aliphatic heterocycles. The summed E-state index contributed by atoms with van der Waals surface area (Å²) < 4.78 is 0. The van der Waals surface area contributed by atoms with E-state index >= 15 is 0 Å². The summed E-state index contributed by atoms with van der Waals surface area (Å²) in [7, 11) is 0. The maximum atomic E-state index is 4.67. The molecule has 2 heteroatoms. The first-order chi connectivity index (χ1) is 6.76. The fourth-order valence-electron chi connectivity index (χ4n) is 2.56. The van der Waals surface area contributed by atoms with Gasteiger partial charge in [0.15, 0.2) is 0 Å². The number of rotatable bonds is 5. The average molecular weight is 194 g/mol. The monoisotopic (exact) mass is 194 g/mol. The summed E-state index contributed by atoms with van der Waals surface area (Å²) in [5.74, 6) is 0.821. The van der Waals surface area contributed by atoms with E-state index in [2.05, 4.69) is 24.2 Å². The van der Waals surface area contributed by atoms with Crippen LogP contribution in [0.4, 0.5) is 0 Å². The van der Waals surface area contributed by atoms with Crippen molar-refractivity contribution in [1.82, 2.24) is 5.32 Å². The van der Waals surface area contributed by atoms with Gasteiger partial charge in [0.05, 0.1) is 0 Å². The van der Waals surface area contributed by atoms with E-state index in [0.717, 1.165) is 25.6 Å². The minimum Gasteiger partial charge on any atom is -0.317 e. The molecule has 2 aliphatic rings. The third-order valence-electron chi connectivity index (χ3n) is 3.82. The lowest BCUT2D eigenvalue weighted by Gasteiger charge is -2.20. The average Bonchev–Trinajstić information content (AvgIpc) is 2.76. The van der Waals surface area contributed by atoms with Gasteiger partial charge in [-0.05, 0) is 37.6 Å². The van der Waals surface area contributed by atoms with Crippen molar-refractivity contribution in [3.8, 4) is 0 Å². The quantitative estimate of drug-likeness (QED) is 0.667. The van der Waals surface area contributed by atoms with E-state index < -0.39 is 0 Å². The summed E-state index contributed by atoms with van der Waals surface area (Å²) in [4.78, 5) is 4.67. The van der Waals surface area contributed by atoms with Crippen LogP contribution in [0.2, 0.25) is 0 Å². The second-order valence-electron chi connectivity index (χ2n) is 4.97. The molecular weight excluding hydrogens is 172 g/mol. The van der Waals surface area contributed by atoms with Crippen LogP contribution in [0.25, 0.3) is 0 Å². The van der Waals surface area contributed by atoms with Gasteiger partial charge in [0, 0.05) is 24.7 Å². The zero-order chi connectivity index (χ0) is 10.0. The van der Waals surface area contributed by atoms with E-state index in [4.69, 9.17) is 0 Å². The predicted octanol–water partition coefficient (Wildman–Crippen LogP) is 2.25. The summed E-state index contributed by atoms with van der Waals surface area (Å²) in [6.07, 6.45) is 5.35. The number of hydrogen-bond acceptors (Lipinski definition) is 2. The van der Waals surface area contributed by atoms with Crippen LogP contribution in [0.15, 0.2) is 4.99 Å². The zero-order valence-corrected chi connectivity index (χ0v) is 9.47. The van der Waals surface area contributed by atoms with Crippen molar-refractivity contribution >= 4 is 5.71 Å². The molecule has 0 aromatic carbocycles. The molecule has 2 nitrogen and oxygen atoms in total. The Labute approximate surface area is 87.2 Å². The molecule has 1 aliphatic carbocycles. The van der Waals surface area contributed by atoms with Crippen LogP contribution in [0, 0.1) is 11.3 Å². The first-order valence-electron chi connectivity index (χ1n) is 6.00. The van der Waals surface area contributed by atoms with Gasteiger partial charge in [0.1, 0.15) is 0 Å². The van der Waals surface area contributed by atoms with E-state index in [1.165, 1.54) is 31.4 Å². The fourth-order valence-corrected chi connectivity index (χ4v) is 2.56. The van der Waals surface area contributed by atoms with Crippen molar-refractivity contribution in [1.29, 1.82) is 0 Å². The third-order valence-corrected chi connectivity index (χ3v) is 3.82. The highest BCUT2D eigenvalue weighted by Gasteiger charge is 2.47. The molecule has 0 aromatic heterocycles. The molecule has 1 fully saturated rings. The lowest BCUT2D eigenvalue weighted by Crippen LogP contribution is -2.24. The molecule has 0 saturated heterocycles. The maximum Gasteiger partial charge on any atom is 0.0395 e. The van der Waals surface area contributed by atoms with Crippen LogP contribution in [0.1, 0.15) is 39.5 Å². The van der Waals surface area contributed by atoms with Gasteiger partial charge in [0.2, 0.25) is 0 Å². The van der Waals surface area contributed by atoms with Crippen LogP contribution in [-0.2, 0) is 0 Å².